The molecule has 2 aromatic carbocycles. The Morgan fingerprint density at radius 2 is 1.71 bits per heavy atom. The van der Waals surface area contributed by atoms with Crippen LogP contribution in [0, 0.1) is 0 Å². The van der Waals surface area contributed by atoms with Crippen LogP contribution in [0.5, 0.6) is 0 Å². The fourth-order valence-electron chi connectivity index (χ4n) is 3.65. The third-order valence-electron chi connectivity index (χ3n) is 5.35. The summed E-state index contributed by atoms with van der Waals surface area (Å²) in [6.07, 6.45) is 2.23. The quantitative estimate of drug-likeness (QED) is 0.415. The van der Waals surface area contributed by atoms with Crippen molar-refractivity contribution >= 4 is 33.4 Å². The average Bonchev–Trinajstić information content (AvgIpc) is 3.04. The van der Waals surface area contributed by atoms with E-state index in [9.17, 15) is 18.0 Å². The van der Waals surface area contributed by atoms with E-state index in [1.165, 1.54) is 0 Å². The molecule has 1 aliphatic rings. The highest BCUT2D eigenvalue weighted by molar-refractivity contribution is 7.90. The van der Waals surface area contributed by atoms with Crippen LogP contribution >= 0.6 is 0 Å². The molecule has 2 N–H and O–H groups in total. The highest BCUT2D eigenvalue weighted by Crippen LogP contribution is 2.29. The van der Waals surface area contributed by atoms with E-state index in [0.29, 0.717) is 36.5 Å². The Morgan fingerprint density at radius 1 is 1.00 bits per heavy atom. The number of unbranched alkanes of at least 4 members (excludes halogenated alkanes) is 2. The van der Waals surface area contributed by atoms with Crippen molar-refractivity contribution in [3.05, 3.63) is 59.7 Å². The number of sulfonamides is 1. The average molecular weight is 486 g/mol. The van der Waals surface area contributed by atoms with Crippen molar-refractivity contribution in [2.45, 2.75) is 56.8 Å². The minimum atomic E-state index is -3.53. The van der Waals surface area contributed by atoms with Crippen molar-refractivity contribution in [2.24, 2.45) is 4.99 Å². The zero-order valence-corrected chi connectivity index (χ0v) is 20.6. The fourth-order valence-corrected chi connectivity index (χ4v) is 4.90. The molecular formula is C25H31N3O5S. The second-order valence-corrected chi connectivity index (χ2v) is 10.8. The second-order valence-electron chi connectivity index (χ2n) is 9.15. The lowest BCUT2D eigenvalue weighted by atomic mass is 9.86. The maximum atomic E-state index is 12.2. The molecule has 0 spiro atoms. The Labute approximate surface area is 200 Å². The summed E-state index contributed by atoms with van der Waals surface area (Å²) >= 11 is 0. The number of fused-ring (bicyclic) bond motifs is 1. The van der Waals surface area contributed by atoms with Gasteiger partial charge in [-0.3, -0.25) is 19.3 Å². The molecule has 2 aromatic rings. The Balaban J connectivity index is 1.35. The van der Waals surface area contributed by atoms with E-state index in [-0.39, 0.29) is 29.2 Å². The van der Waals surface area contributed by atoms with E-state index in [1.807, 2.05) is 24.3 Å². The molecule has 0 radical (unpaired) electrons. The monoisotopic (exact) mass is 485 g/mol. The number of hydrogen-bond acceptors (Lipinski definition) is 6. The summed E-state index contributed by atoms with van der Waals surface area (Å²) in [4.78, 5) is 28.8. The molecule has 0 fully saturated rings. The Hall–Kier alpha value is -3.20. The summed E-state index contributed by atoms with van der Waals surface area (Å²) in [5.41, 5.74) is 2.17. The molecule has 8 nitrogen and oxygen atoms in total. The van der Waals surface area contributed by atoms with E-state index in [2.05, 4.69) is 35.8 Å². The van der Waals surface area contributed by atoms with Gasteiger partial charge in [0.05, 0.1) is 4.90 Å². The largest absolute Gasteiger partial charge is 0.456 e. The van der Waals surface area contributed by atoms with Crippen molar-refractivity contribution in [2.75, 3.05) is 18.5 Å². The summed E-state index contributed by atoms with van der Waals surface area (Å²) < 4.78 is 31.7. The van der Waals surface area contributed by atoms with Crippen LogP contribution in [0.25, 0.3) is 0 Å². The topological polar surface area (TPSA) is 114 Å². The summed E-state index contributed by atoms with van der Waals surface area (Å²) in [6, 6.07) is 14.3. The molecule has 9 heteroatoms. The molecule has 3 rings (SSSR count). The number of esters is 1. The van der Waals surface area contributed by atoms with E-state index < -0.39 is 16.0 Å². The van der Waals surface area contributed by atoms with Gasteiger partial charge in [-0.15, -0.1) is 0 Å². The van der Waals surface area contributed by atoms with Crippen LogP contribution in [0.15, 0.2) is 58.4 Å². The van der Waals surface area contributed by atoms with Crippen molar-refractivity contribution < 1.29 is 22.7 Å². The number of nitrogens with one attached hydrogen (secondary N) is 2. The third kappa shape index (κ3) is 6.66. The second kappa shape index (κ2) is 10.8. The van der Waals surface area contributed by atoms with Gasteiger partial charge in [0.1, 0.15) is 5.84 Å². The van der Waals surface area contributed by atoms with Crippen LogP contribution < -0.4 is 10.0 Å². The van der Waals surface area contributed by atoms with Crippen molar-refractivity contribution in [1.82, 2.24) is 4.72 Å². The first kappa shape index (κ1) is 25.4. The number of nitrogens with zero attached hydrogens (tertiary/aromatic N) is 1. The molecule has 182 valence electrons. The Kier molecular flexibility index (Phi) is 8.09. The van der Waals surface area contributed by atoms with E-state index in [4.69, 9.17) is 4.74 Å². The van der Waals surface area contributed by atoms with Gasteiger partial charge >= 0.3 is 5.97 Å². The zero-order chi connectivity index (χ0) is 24.8. The zero-order valence-electron chi connectivity index (χ0n) is 19.8. The third-order valence-corrected chi connectivity index (χ3v) is 6.74. The predicted molar refractivity (Wildman–Crippen MR) is 131 cm³/mol. The molecule has 34 heavy (non-hydrogen) atoms. The fraction of sp³-hybridized carbons (Fsp3) is 0.400. The highest BCUT2D eigenvalue weighted by atomic mass is 32.2. The van der Waals surface area contributed by atoms with Gasteiger partial charge in [-0.25, -0.2) is 8.42 Å². The summed E-state index contributed by atoms with van der Waals surface area (Å²) in [5, 5.41) is 2.82. The molecule has 1 aliphatic heterocycles. The van der Waals surface area contributed by atoms with Gasteiger partial charge in [-0.2, -0.15) is 0 Å². The highest BCUT2D eigenvalue weighted by Gasteiger charge is 2.29. The smallest absolute Gasteiger partial charge is 0.306 e. The Bertz CT molecular complexity index is 1180. The number of amidine groups is 1. The van der Waals surface area contributed by atoms with E-state index in [1.54, 1.807) is 24.3 Å². The number of amides is 1. The molecule has 0 saturated carbocycles. The van der Waals surface area contributed by atoms with Crippen LogP contribution in [0.4, 0.5) is 5.69 Å². The lowest BCUT2D eigenvalue weighted by Crippen LogP contribution is -2.23. The molecule has 0 unspecified atom stereocenters. The lowest BCUT2D eigenvalue weighted by Gasteiger charge is -2.22. The lowest BCUT2D eigenvalue weighted by molar-refractivity contribution is -0.147. The van der Waals surface area contributed by atoms with Crippen LogP contribution in [0.1, 0.15) is 57.6 Å². The van der Waals surface area contributed by atoms with Gasteiger partial charge in [-0.05, 0) is 42.0 Å². The molecule has 1 heterocycles. The first-order chi connectivity index (χ1) is 16.1. The molecule has 0 bridgehead atoms. The first-order valence-corrected chi connectivity index (χ1v) is 12.8. The van der Waals surface area contributed by atoms with Gasteiger partial charge in [0, 0.05) is 24.2 Å². The molecule has 0 saturated heterocycles. The number of carbonyl (C=O) groups is 2. The number of ether oxygens (including phenoxy) is 1. The summed E-state index contributed by atoms with van der Waals surface area (Å²) in [5.74, 6) is -0.447. The first-order valence-electron chi connectivity index (χ1n) is 11.3. The minimum Gasteiger partial charge on any atom is -0.456 e. The SMILES string of the molecule is CC(C)(C)c1ccccc1NC(=O)COC(=O)CCCCCN=C1NS(=O)(=O)c2ccccc21. The van der Waals surface area contributed by atoms with Crippen molar-refractivity contribution in [1.29, 1.82) is 0 Å². The number of carbonyl (C=O) groups excluding carboxylic acids is 2. The Morgan fingerprint density at radius 3 is 2.47 bits per heavy atom. The van der Waals surface area contributed by atoms with Crippen LogP contribution in [-0.4, -0.2) is 39.3 Å². The molecule has 0 aromatic heterocycles. The maximum Gasteiger partial charge on any atom is 0.306 e. The molecule has 0 atom stereocenters. The van der Waals surface area contributed by atoms with Gasteiger partial charge in [-0.1, -0.05) is 57.5 Å². The van der Waals surface area contributed by atoms with Crippen molar-refractivity contribution in [3.8, 4) is 0 Å². The molecule has 1 amide bonds. The minimum absolute atomic E-state index is 0.128. The number of para-hydroxylation sites is 1. The van der Waals surface area contributed by atoms with Gasteiger partial charge < -0.3 is 10.1 Å². The number of benzene rings is 2. The predicted octanol–water partition coefficient (Wildman–Crippen LogP) is 3.76. The van der Waals surface area contributed by atoms with Crippen LogP contribution in [0.3, 0.4) is 0 Å². The van der Waals surface area contributed by atoms with Gasteiger partial charge in [0.25, 0.3) is 15.9 Å². The van der Waals surface area contributed by atoms with Crippen LogP contribution in [0.2, 0.25) is 0 Å². The van der Waals surface area contributed by atoms with Crippen molar-refractivity contribution in [3.63, 3.8) is 0 Å². The molecular weight excluding hydrogens is 454 g/mol. The summed E-state index contributed by atoms with van der Waals surface area (Å²) in [6.45, 7) is 6.31. The number of anilines is 1. The van der Waals surface area contributed by atoms with Gasteiger partial charge in [0.15, 0.2) is 6.61 Å². The van der Waals surface area contributed by atoms with Crippen LogP contribution in [-0.2, 0) is 29.8 Å². The van der Waals surface area contributed by atoms with E-state index >= 15 is 0 Å². The van der Waals surface area contributed by atoms with Gasteiger partial charge in [0.2, 0.25) is 0 Å². The number of hydrogen-bond donors (Lipinski definition) is 2. The molecule has 0 aliphatic carbocycles. The standard InChI is InChI=1S/C25H31N3O5S/c1-25(2,3)19-12-7-8-13-20(19)27-22(29)17-33-23(30)15-5-4-10-16-26-24-18-11-6-9-14-21(18)34(31,32)28-24/h6-9,11-14H,4-5,10,15-17H2,1-3H3,(H,26,28)(H,27,29). The number of rotatable bonds is 9. The van der Waals surface area contributed by atoms with E-state index in [0.717, 1.165) is 12.0 Å². The maximum absolute atomic E-state index is 12.2. The normalized spacial score (nSPS) is 15.4. The summed E-state index contributed by atoms with van der Waals surface area (Å²) in [7, 11) is -3.53. The number of aliphatic imine (C=N–C) groups is 1.